The van der Waals surface area contributed by atoms with Gasteiger partial charge >= 0.3 is 0 Å². The van der Waals surface area contributed by atoms with Gasteiger partial charge in [-0.05, 0) is 50.9 Å². The van der Waals surface area contributed by atoms with Crippen LogP contribution in [0, 0.1) is 0 Å². The summed E-state index contributed by atoms with van der Waals surface area (Å²) in [5, 5.41) is 12.3. The minimum absolute atomic E-state index is 0.0728. The van der Waals surface area contributed by atoms with E-state index >= 15 is 0 Å². The molecule has 238 valence electrons. The maximum Gasteiger partial charge on any atom is 0.166 e. The molecule has 0 aromatic heterocycles. The van der Waals surface area contributed by atoms with E-state index in [1.807, 2.05) is 6.07 Å². The molecule has 0 unspecified atom stereocenters. The molecule has 2 fully saturated rings. The summed E-state index contributed by atoms with van der Waals surface area (Å²) in [5.41, 5.74) is 1.09. The number of likely N-dealkylation sites (tertiary alicyclic amines) is 1. The van der Waals surface area contributed by atoms with Crippen molar-refractivity contribution in [1.82, 2.24) is 4.90 Å². The van der Waals surface area contributed by atoms with Crippen LogP contribution >= 0.6 is 0 Å². The van der Waals surface area contributed by atoms with Gasteiger partial charge in [-0.3, -0.25) is 0 Å². The monoisotopic (exact) mass is 595 g/mol. The minimum atomic E-state index is -0.848. The lowest BCUT2D eigenvalue weighted by molar-refractivity contribution is -0.213. The molecule has 1 spiro atoms. The zero-order valence-corrected chi connectivity index (χ0v) is 25.5. The van der Waals surface area contributed by atoms with E-state index < -0.39 is 11.0 Å². The van der Waals surface area contributed by atoms with Gasteiger partial charge in [0.05, 0.1) is 104 Å². The maximum absolute atomic E-state index is 12.3. The SMILES string of the molecule is COCCOCCOCCOCCOCCOCCO[C@H]1CC[C@@]2(O)[C@H]3Cc4ccc(OC)c5c4[C@@]2(CCN3C)[C@H]1O5. The Balaban J connectivity index is 0.985. The zero-order valence-electron chi connectivity index (χ0n) is 25.5. The summed E-state index contributed by atoms with van der Waals surface area (Å²) >= 11 is 0. The third-order valence-corrected chi connectivity index (χ3v) is 9.36. The van der Waals surface area contributed by atoms with Crippen LogP contribution in [0.4, 0.5) is 0 Å². The highest BCUT2D eigenvalue weighted by molar-refractivity contribution is 5.62. The summed E-state index contributed by atoms with van der Waals surface area (Å²) in [6.45, 7) is 7.19. The van der Waals surface area contributed by atoms with Gasteiger partial charge in [-0.1, -0.05) is 6.07 Å². The summed E-state index contributed by atoms with van der Waals surface area (Å²) < 4.78 is 51.3. The summed E-state index contributed by atoms with van der Waals surface area (Å²) in [5.74, 6) is 1.53. The van der Waals surface area contributed by atoms with Crippen molar-refractivity contribution in [3.05, 3.63) is 23.3 Å². The van der Waals surface area contributed by atoms with Gasteiger partial charge in [-0.15, -0.1) is 0 Å². The van der Waals surface area contributed by atoms with Gasteiger partial charge in [0.1, 0.15) is 6.10 Å². The minimum Gasteiger partial charge on any atom is -0.493 e. The average molecular weight is 596 g/mol. The first-order chi connectivity index (χ1) is 20.6. The van der Waals surface area contributed by atoms with Gasteiger partial charge in [0.25, 0.3) is 0 Å². The largest absolute Gasteiger partial charge is 0.493 e. The molecule has 2 aliphatic heterocycles. The van der Waals surface area contributed by atoms with Crippen LogP contribution in [0.15, 0.2) is 12.1 Å². The third kappa shape index (κ3) is 6.31. The first kappa shape index (κ1) is 31.9. The van der Waals surface area contributed by atoms with Gasteiger partial charge in [0.2, 0.25) is 0 Å². The Labute approximate surface area is 249 Å². The molecule has 0 radical (unpaired) electrons. The number of likely N-dealkylation sites (N-methyl/N-ethyl adjacent to an activating group) is 1. The molecule has 1 aromatic carbocycles. The van der Waals surface area contributed by atoms with Crippen LogP contribution in [0.5, 0.6) is 11.5 Å². The topological polar surface area (TPSA) is 107 Å². The quantitative estimate of drug-likeness (QED) is 0.222. The Morgan fingerprint density at radius 2 is 1.43 bits per heavy atom. The smallest absolute Gasteiger partial charge is 0.166 e. The molecule has 4 aliphatic rings. The van der Waals surface area contributed by atoms with Crippen molar-refractivity contribution in [2.75, 3.05) is 107 Å². The Morgan fingerprint density at radius 1 is 0.833 bits per heavy atom. The molecule has 0 amide bonds. The molecule has 1 saturated heterocycles. The molecule has 5 atom stereocenters. The fourth-order valence-electron chi connectivity index (χ4n) is 7.41. The first-order valence-electron chi connectivity index (χ1n) is 15.4. The first-order valence-corrected chi connectivity index (χ1v) is 15.4. The fourth-order valence-corrected chi connectivity index (χ4v) is 7.41. The highest BCUT2D eigenvalue weighted by Crippen LogP contribution is 2.65. The molecule has 11 nitrogen and oxygen atoms in total. The van der Waals surface area contributed by atoms with Crippen molar-refractivity contribution < 1.29 is 47.7 Å². The standard InChI is InChI=1S/C31H49NO10/c1-32-9-8-30-27-23-4-5-24(35-3)28(27)42-29(30)25(6-7-31(30,33)26(32)22-23)41-21-20-40-19-18-39-17-16-38-15-14-37-13-12-36-11-10-34-2/h4-5,25-26,29,33H,6-22H2,1-3H3/t25-,26+,29-,30-,31+/m0/s1. The van der Waals surface area contributed by atoms with Gasteiger partial charge in [0.15, 0.2) is 11.5 Å². The van der Waals surface area contributed by atoms with Crippen molar-refractivity contribution in [3.8, 4) is 11.5 Å². The van der Waals surface area contributed by atoms with E-state index in [0.717, 1.165) is 42.9 Å². The maximum atomic E-state index is 12.3. The van der Waals surface area contributed by atoms with Crippen LogP contribution < -0.4 is 9.47 Å². The highest BCUT2D eigenvalue weighted by atomic mass is 16.6. The molecule has 2 heterocycles. The summed E-state index contributed by atoms with van der Waals surface area (Å²) in [6.07, 6.45) is 2.72. The molecule has 2 bridgehead atoms. The molecular formula is C31H49NO10. The van der Waals surface area contributed by atoms with E-state index in [1.165, 1.54) is 5.56 Å². The number of benzene rings is 1. The van der Waals surface area contributed by atoms with Gasteiger partial charge < -0.3 is 52.6 Å². The second-order valence-electron chi connectivity index (χ2n) is 11.5. The van der Waals surface area contributed by atoms with Crippen molar-refractivity contribution in [1.29, 1.82) is 0 Å². The third-order valence-electron chi connectivity index (χ3n) is 9.36. The Hall–Kier alpha value is -1.54. The Kier molecular flexibility index (Phi) is 11.4. The molecule has 1 N–H and O–H groups in total. The lowest BCUT2D eigenvalue weighted by Gasteiger charge is -2.63. The van der Waals surface area contributed by atoms with Gasteiger partial charge in [0, 0.05) is 18.7 Å². The molecule has 5 rings (SSSR count). The second-order valence-corrected chi connectivity index (χ2v) is 11.5. The van der Waals surface area contributed by atoms with Crippen LogP contribution in [0.3, 0.4) is 0 Å². The predicted octanol–water partition coefficient (Wildman–Crippen LogP) is 1.59. The number of aliphatic hydroxyl groups is 1. The number of ether oxygens (including phenoxy) is 9. The normalized spacial score (nSPS) is 29.4. The number of nitrogens with zero attached hydrogens (tertiary/aromatic N) is 1. The van der Waals surface area contributed by atoms with E-state index in [-0.39, 0.29) is 18.2 Å². The molecule has 1 saturated carbocycles. The molecule has 1 aromatic rings. The van der Waals surface area contributed by atoms with Crippen LogP contribution in [0.2, 0.25) is 0 Å². The number of hydrogen-bond donors (Lipinski definition) is 1. The van der Waals surface area contributed by atoms with Crippen LogP contribution in [-0.2, 0) is 45.0 Å². The Bertz CT molecular complexity index is 997. The van der Waals surface area contributed by atoms with Gasteiger partial charge in [-0.2, -0.15) is 0 Å². The van der Waals surface area contributed by atoms with E-state index in [1.54, 1.807) is 14.2 Å². The van der Waals surface area contributed by atoms with Crippen molar-refractivity contribution in [2.24, 2.45) is 0 Å². The average Bonchev–Trinajstić information content (AvgIpc) is 3.35. The van der Waals surface area contributed by atoms with E-state index in [4.69, 9.17) is 42.6 Å². The van der Waals surface area contributed by atoms with E-state index in [0.29, 0.717) is 85.7 Å². The van der Waals surface area contributed by atoms with Crippen molar-refractivity contribution in [2.45, 2.75) is 54.9 Å². The predicted molar refractivity (Wildman–Crippen MR) is 154 cm³/mol. The molecule has 11 heteroatoms. The Morgan fingerprint density at radius 3 is 2.02 bits per heavy atom. The van der Waals surface area contributed by atoms with E-state index in [2.05, 4.69) is 18.0 Å². The van der Waals surface area contributed by atoms with E-state index in [9.17, 15) is 5.11 Å². The van der Waals surface area contributed by atoms with Crippen molar-refractivity contribution >= 4 is 0 Å². The van der Waals surface area contributed by atoms with Crippen LogP contribution in [0.1, 0.15) is 30.4 Å². The fraction of sp³-hybridized carbons (Fsp3) is 0.806. The summed E-state index contributed by atoms with van der Waals surface area (Å²) in [6, 6.07) is 4.23. The second kappa shape index (κ2) is 15.0. The van der Waals surface area contributed by atoms with Crippen molar-refractivity contribution in [3.63, 3.8) is 0 Å². The summed E-state index contributed by atoms with van der Waals surface area (Å²) in [4.78, 5) is 2.33. The zero-order chi connectivity index (χ0) is 29.4. The number of rotatable bonds is 20. The lowest BCUT2D eigenvalue weighted by Crippen LogP contribution is -2.76. The van der Waals surface area contributed by atoms with Crippen LogP contribution in [-0.4, -0.2) is 141 Å². The van der Waals surface area contributed by atoms with Gasteiger partial charge in [-0.25, -0.2) is 0 Å². The lowest BCUT2D eigenvalue weighted by atomic mass is 9.48. The molecule has 2 aliphatic carbocycles. The number of piperidine rings is 1. The number of hydrogen-bond acceptors (Lipinski definition) is 11. The molecular weight excluding hydrogens is 546 g/mol. The summed E-state index contributed by atoms with van der Waals surface area (Å²) in [7, 11) is 5.46. The van der Waals surface area contributed by atoms with Crippen LogP contribution in [0.25, 0.3) is 0 Å². The highest BCUT2D eigenvalue weighted by Gasteiger charge is 2.72. The number of methoxy groups -OCH3 is 2. The molecule has 42 heavy (non-hydrogen) atoms.